The van der Waals surface area contributed by atoms with Gasteiger partial charge in [-0.25, -0.2) is 9.50 Å². The van der Waals surface area contributed by atoms with Crippen LogP contribution in [0.4, 0.5) is 11.6 Å². The Hall–Kier alpha value is -3.26. The van der Waals surface area contributed by atoms with Gasteiger partial charge in [0.15, 0.2) is 17.3 Å². The minimum absolute atomic E-state index is 0.149. The highest BCUT2D eigenvalue weighted by Crippen LogP contribution is 2.29. The molecular formula is C17H15ClN6O2. The summed E-state index contributed by atoms with van der Waals surface area (Å²) in [6.45, 7) is 0. The van der Waals surface area contributed by atoms with Crippen LogP contribution in [-0.2, 0) is 0 Å². The lowest BCUT2D eigenvalue weighted by Gasteiger charge is -2.09. The third kappa shape index (κ3) is 2.91. The summed E-state index contributed by atoms with van der Waals surface area (Å²) in [6, 6.07) is 9.39. The van der Waals surface area contributed by atoms with E-state index < -0.39 is 0 Å². The number of methoxy groups -OCH3 is 2. The molecule has 3 aromatic heterocycles. The lowest BCUT2D eigenvalue weighted by atomic mass is 10.2. The minimum atomic E-state index is 0.149. The molecule has 0 aliphatic rings. The first-order chi connectivity index (χ1) is 12.7. The largest absolute Gasteiger partial charge is 0.493 e. The molecule has 0 bridgehead atoms. The molecule has 0 aliphatic heterocycles. The lowest BCUT2D eigenvalue weighted by molar-refractivity contribution is 0.355. The Balaban J connectivity index is 1.65. The molecule has 0 spiro atoms. The summed E-state index contributed by atoms with van der Waals surface area (Å²) >= 11 is 5.98. The molecule has 26 heavy (non-hydrogen) atoms. The van der Waals surface area contributed by atoms with Crippen molar-refractivity contribution in [3.05, 3.63) is 54.3 Å². The second-order valence-corrected chi connectivity index (χ2v) is 5.74. The molecule has 0 atom stereocenters. The maximum absolute atomic E-state index is 5.98. The van der Waals surface area contributed by atoms with Gasteiger partial charge in [0.1, 0.15) is 17.7 Å². The van der Waals surface area contributed by atoms with Crippen LogP contribution in [0.3, 0.4) is 0 Å². The molecule has 1 aromatic carbocycles. The molecular weight excluding hydrogens is 356 g/mol. The molecule has 1 N–H and O–H groups in total. The van der Waals surface area contributed by atoms with Crippen molar-refractivity contribution in [2.24, 2.45) is 0 Å². The standard InChI is InChI=1S/C17H15ClN6O2/c1-25-13-6-5-11(8-14(13)26-2)23-9-15(19-10-23)20-16-12-4-3-7-24(12)22-17(18)21-16/h3-10H,1-2H3,(H,20,21,22). The second kappa shape index (κ2) is 6.57. The molecule has 4 aromatic rings. The van der Waals surface area contributed by atoms with Crippen molar-refractivity contribution in [1.29, 1.82) is 0 Å². The zero-order chi connectivity index (χ0) is 18.1. The Labute approximate surface area is 154 Å². The summed E-state index contributed by atoms with van der Waals surface area (Å²) in [5.41, 5.74) is 1.69. The Kier molecular flexibility index (Phi) is 4.10. The van der Waals surface area contributed by atoms with E-state index >= 15 is 0 Å². The van der Waals surface area contributed by atoms with Crippen LogP contribution in [0.2, 0.25) is 5.28 Å². The number of anilines is 2. The molecule has 4 rings (SSSR count). The Morgan fingerprint density at radius 3 is 2.77 bits per heavy atom. The van der Waals surface area contributed by atoms with E-state index in [9.17, 15) is 0 Å². The molecule has 0 amide bonds. The molecule has 0 saturated heterocycles. The summed E-state index contributed by atoms with van der Waals surface area (Å²) in [5.74, 6) is 2.51. The highest BCUT2D eigenvalue weighted by Gasteiger charge is 2.10. The van der Waals surface area contributed by atoms with Crippen LogP contribution in [0, 0.1) is 0 Å². The Morgan fingerprint density at radius 2 is 1.96 bits per heavy atom. The van der Waals surface area contributed by atoms with Crippen LogP contribution >= 0.6 is 11.6 Å². The number of aromatic nitrogens is 5. The van der Waals surface area contributed by atoms with Gasteiger partial charge in [-0.1, -0.05) is 0 Å². The number of hydrogen-bond acceptors (Lipinski definition) is 6. The zero-order valence-electron chi connectivity index (χ0n) is 14.0. The van der Waals surface area contributed by atoms with Gasteiger partial charge in [0.05, 0.1) is 26.1 Å². The summed E-state index contributed by atoms with van der Waals surface area (Å²) in [7, 11) is 3.20. The van der Waals surface area contributed by atoms with Crippen LogP contribution in [0.15, 0.2) is 49.1 Å². The van der Waals surface area contributed by atoms with E-state index in [0.29, 0.717) is 23.1 Å². The maximum Gasteiger partial charge on any atom is 0.243 e. The number of halogens is 1. The number of nitrogens with zero attached hydrogens (tertiary/aromatic N) is 5. The Morgan fingerprint density at radius 1 is 1.12 bits per heavy atom. The van der Waals surface area contributed by atoms with Crippen molar-refractivity contribution in [3.63, 3.8) is 0 Å². The predicted octanol–water partition coefficient (Wildman–Crippen LogP) is 3.33. The highest BCUT2D eigenvalue weighted by molar-refractivity contribution is 6.28. The van der Waals surface area contributed by atoms with Gasteiger partial charge in [-0.15, -0.1) is 5.10 Å². The van der Waals surface area contributed by atoms with Crippen LogP contribution < -0.4 is 14.8 Å². The minimum Gasteiger partial charge on any atom is -0.493 e. The molecule has 9 heteroatoms. The van der Waals surface area contributed by atoms with Gasteiger partial charge in [0.2, 0.25) is 5.28 Å². The number of imidazole rings is 1. The summed E-state index contributed by atoms with van der Waals surface area (Å²) in [5, 5.41) is 7.43. The fourth-order valence-electron chi connectivity index (χ4n) is 2.64. The quantitative estimate of drug-likeness (QED) is 0.580. The van der Waals surface area contributed by atoms with Gasteiger partial charge in [-0.05, 0) is 35.9 Å². The zero-order valence-corrected chi connectivity index (χ0v) is 14.8. The van der Waals surface area contributed by atoms with Gasteiger partial charge in [0.25, 0.3) is 0 Å². The van der Waals surface area contributed by atoms with Crippen LogP contribution in [0.5, 0.6) is 11.5 Å². The van der Waals surface area contributed by atoms with Crippen molar-refractivity contribution < 1.29 is 9.47 Å². The second-order valence-electron chi connectivity index (χ2n) is 5.40. The fraction of sp³-hybridized carbons (Fsp3) is 0.118. The van der Waals surface area contributed by atoms with E-state index in [2.05, 4.69) is 20.4 Å². The molecule has 0 unspecified atom stereocenters. The average molecular weight is 371 g/mol. The topological polar surface area (TPSA) is 78.5 Å². The van der Waals surface area contributed by atoms with E-state index in [0.717, 1.165) is 11.2 Å². The van der Waals surface area contributed by atoms with Gasteiger partial charge in [-0.3, -0.25) is 0 Å². The summed E-state index contributed by atoms with van der Waals surface area (Å²) in [4.78, 5) is 8.61. The van der Waals surface area contributed by atoms with Gasteiger partial charge >= 0.3 is 0 Å². The van der Waals surface area contributed by atoms with Gasteiger partial charge < -0.3 is 19.4 Å². The number of hydrogen-bond donors (Lipinski definition) is 1. The highest BCUT2D eigenvalue weighted by atomic mass is 35.5. The predicted molar refractivity (Wildman–Crippen MR) is 97.9 cm³/mol. The van der Waals surface area contributed by atoms with E-state index in [1.54, 1.807) is 31.3 Å². The van der Waals surface area contributed by atoms with E-state index in [4.69, 9.17) is 21.1 Å². The third-order valence-corrected chi connectivity index (χ3v) is 4.02. The van der Waals surface area contributed by atoms with Crippen molar-refractivity contribution in [2.75, 3.05) is 19.5 Å². The van der Waals surface area contributed by atoms with E-state index in [1.165, 1.54) is 0 Å². The molecule has 0 aliphatic carbocycles. The average Bonchev–Trinajstić information content (AvgIpc) is 3.30. The van der Waals surface area contributed by atoms with Gasteiger partial charge in [-0.2, -0.15) is 4.98 Å². The van der Waals surface area contributed by atoms with E-state index in [1.807, 2.05) is 41.1 Å². The maximum atomic E-state index is 5.98. The number of rotatable bonds is 5. The molecule has 0 fully saturated rings. The lowest BCUT2D eigenvalue weighted by Crippen LogP contribution is -2.01. The Bertz CT molecular complexity index is 1070. The van der Waals surface area contributed by atoms with Crippen LogP contribution in [0.1, 0.15) is 0 Å². The van der Waals surface area contributed by atoms with Crippen LogP contribution in [0.25, 0.3) is 11.2 Å². The molecule has 0 saturated carbocycles. The van der Waals surface area contributed by atoms with Crippen molar-refractivity contribution in [1.82, 2.24) is 24.1 Å². The SMILES string of the molecule is COc1ccc(-n2cnc(Nc3nc(Cl)nn4cccc34)c2)cc1OC. The number of ether oxygens (including phenoxy) is 2. The normalized spacial score (nSPS) is 10.9. The first-order valence-electron chi connectivity index (χ1n) is 7.72. The van der Waals surface area contributed by atoms with Crippen molar-refractivity contribution in [2.45, 2.75) is 0 Å². The first-order valence-corrected chi connectivity index (χ1v) is 8.10. The monoisotopic (exact) mass is 370 g/mol. The summed E-state index contributed by atoms with van der Waals surface area (Å²) in [6.07, 6.45) is 5.34. The molecule has 3 heterocycles. The van der Waals surface area contributed by atoms with Crippen molar-refractivity contribution in [3.8, 4) is 17.2 Å². The van der Waals surface area contributed by atoms with Gasteiger partial charge in [0, 0.05) is 12.3 Å². The number of nitrogens with one attached hydrogen (secondary N) is 1. The van der Waals surface area contributed by atoms with E-state index in [-0.39, 0.29) is 5.28 Å². The van der Waals surface area contributed by atoms with Crippen molar-refractivity contribution >= 4 is 28.8 Å². The molecule has 132 valence electrons. The first kappa shape index (κ1) is 16.2. The number of fused-ring (bicyclic) bond motifs is 1. The smallest absolute Gasteiger partial charge is 0.243 e. The summed E-state index contributed by atoms with van der Waals surface area (Å²) < 4.78 is 14.1. The number of benzene rings is 1. The fourth-order valence-corrected chi connectivity index (χ4v) is 2.80. The van der Waals surface area contributed by atoms with Crippen LogP contribution in [-0.4, -0.2) is 38.4 Å². The molecule has 0 radical (unpaired) electrons. The molecule has 8 nitrogen and oxygen atoms in total. The third-order valence-electron chi connectivity index (χ3n) is 3.86.